The molecule has 2 aromatic carbocycles. The Hall–Kier alpha value is -2.20. The van der Waals surface area contributed by atoms with Crippen LogP contribution in [0.5, 0.6) is 11.5 Å². The third kappa shape index (κ3) is 3.34. The number of amides is 1. The zero-order valence-electron chi connectivity index (χ0n) is 12.0. The van der Waals surface area contributed by atoms with Crippen molar-refractivity contribution in [2.75, 3.05) is 19.8 Å². The summed E-state index contributed by atoms with van der Waals surface area (Å²) < 4.78 is 10.9. The lowest BCUT2D eigenvalue weighted by Crippen LogP contribution is -2.26. The predicted molar refractivity (Wildman–Crippen MR) is 84.9 cm³/mol. The van der Waals surface area contributed by atoms with E-state index in [0.717, 1.165) is 6.42 Å². The maximum Gasteiger partial charge on any atom is 0.251 e. The maximum atomic E-state index is 12.2. The van der Waals surface area contributed by atoms with Crippen LogP contribution in [0.25, 0.3) is 0 Å². The zero-order chi connectivity index (χ0) is 15.4. The Morgan fingerprint density at radius 3 is 2.73 bits per heavy atom. The van der Waals surface area contributed by atoms with Gasteiger partial charge in [0.15, 0.2) is 11.5 Å². The Morgan fingerprint density at radius 2 is 1.91 bits per heavy atom. The molecule has 3 rings (SSSR count). The van der Waals surface area contributed by atoms with Crippen molar-refractivity contribution in [2.45, 2.75) is 6.42 Å². The van der Waals surface area contributed by atoms with Crippen LogP contribution in [0.2, 0.25) is 5.02 Å². The molecule has 1 aliphatic rings. The van der Waals surface area contributed by atoms with E-state index in [1.54, 1.807) is 12.1 Å². The van der Waals surface area contributed by atoms with Crippen molar-refractivity contribution in [1.29, 1.82) is 0 Å². The van der Waals surface area contributed by atoms with Crippen LogP contribution in [0.3, 0.4) is 0 Å². The van der Waals surface area contributed by atoms with Crippen molar-refractivity contribution in [1.82, 2.24) is 5.32 Å². The van der Waals surface area contributed by atoms with Crippen molar-refractivity contribution in [3.8, 4) is 11.5 Å². The first-order chi connectivity index (χ1) is 10.7. The van der Waals surface area contributed by atoms with Crippen LogP contribution in [0.1, 0.15) is 15.9 Å². The minimum absolute atomic E-state index is 0.171. The molecule has 5 heteroatoms. The minimum Gasteiger partial charge on any atom is -0.486 e. The molecule has 2 aromatic rings. The molecule has 0 saturated carbocycles. The molecule has 0 atom stereocenters. The van der Waals surface area contributed by atoms with Crippen LogP contribution in [0, 0.1) is 0 Å². The Morgan fingerprint density at radius 1 is 1.14 bits per heavy atom. The van der Waals surface area contributed by atoms with Crippen LogP contribution in [-0.2, 0) is 6.42 Å². The normalized spacial score (nSPS) is 12.8. The van der Waals surface area contributed by atoms with E-state index in [1.165, 1.54) is 5.56 Å². The van der Waals surface area contributed by atoms with Gasteiger partial charge in [-0.25, -0.2) is 0 Å². The van der Waals surface area contributed by atoms with E-state index >= 15 is 0 Å². The highest BCUT2D eigenvalue weighted by Gasteiger charge is 2.19. The van der Waals surface area contributed by atoms with Gasteiger partial charge in [0.2, 0.25) is 0 Å². The summed E-state index contributed by atoms with van der Waals surface area (Å²) in [5.41, 5.74) is 1.66. The van der Waals surface area contributed by atoms with Gasteiger partial charge in [-0.05, 0) is 24.1 Å². The summed E-state index contributed by atoms with van der Waals surface area (Å²) in [6.07, 6.45) is 0.783. The van der Waals surface area contributed by atoms with Gasteiger partial charge in [-0.3, -0.25) is 4.79 Å². The summed E-state index contributed by atoms with van der Waals surface area (Å²) in [5.74, 6) is 0.857. The summed E-state index contributed by atoms with van der Waals surface area (Å²) >= 11 is 6.14. The number of hydrogen-bond donors (Lipinski definition) is 1. The standard InChI is InChI=1S/C17H16ClNO3/c18-14-10-13(11-15-16(14)22-9-8-21-15)17(20)19-7-6-12-4-2-1-3-5-12/h1-5,10-11H,6-9H2,(H,19,20). The molecule has 1 heterocycles. The number of ether oxygens (including phenoxy) is 2. The van der Waals surface area contributed by atoms with E-state index in [-0.39, 0.29) is 5.91 Å². The summed E-state index contributed by atoms with van der Waals surface area (Å²) in [7, 11) is 0. The van der Waals surface area contributed by atoms with Gasteiger partial charge in [0.05, 0.1) is 5.02 Å². The Labute approximate surface area is 134 Å². The Balaban J connectivity index is 1.64. The number of rotatable bonds is 4. The van der Waals surface area contributed by atoms with E-state index in [1.807, 2.05) is 30.3 Å². The molecule has 4 nitrogen and oxygen atoms in total. The molecular formula is C17H16ClNO3. The second-order valence-electron chi connectivity index (χ2n) is 4.97. The van der Waals surface area contributed by atoms with E-state index in [0.29, 0.717) is 41.8 Å². The average molecular weight is 318 g/mol. The predicted octanol–water partition coefficient (Wildman–Crippen LogP) is 3.08. The molecule has 114 valence electrons. The fourth-order valence-electron chi connectivity index (χ4n) is 2.31. The van der Waals surface area contributed by atoms with Gasteiger partial charge in [-0.2, -0.15) is 0 Å². The topological polar surface area (TPSA) is 47.6 Å². The highest BCUT2D eigenvalue weighted by atomic mass is 35.5. The fourth-order valence-corrected chi connectivity index (χ4v) is 2.57. The van der Waals surface area contributed by atoms with Crippen LogP contribution in [0.15, 0.2) is 42.5 Å². The van der Waals surface area contributed by atoms with Gasteiger partial charge in [0.25, 0.3) is 5.91 Å². The summed E-state index contributed by atoms with van der Waals surface area (Å²) in [6, 6.07) is 13.3. The quantitative estimate of drug-likeness (QED) is 0.942. The molecule has 0 aliphatic carbocycles. The molecule has 0 radical (unpaired) electrons. The molecule has 0 bridgehead atoms. The SMILES string of the molecule is O=C(NCCc1ccccc1)c1cc(Cl)c2c(c1)OCCO2. The molecule has 0 unspecified atom stereocenters. The first kappa shape index (κ1) is 14.7. The smallest absolute Gasteiger partial charge is 0.251 e. The first-order valence-corrected chi connectivity index (χ1v) is 7.53. The van der Waals surface area contributed by atoms with Crippen molar-refractivity contribution in [3.05, 3.63) is 58.6 Å². The second-order valence-corrected chi connectivity index (χ2v) is 5.38. The van der Waals surface area contributed by atoms with Crippen LogP contribution >= 0.6 is 11.6 Å². The molecule has 1 aliphatic heterocycles. The van der Waals surface area contributed by atoms with E-state index in [2.05, 4.69) is 5.32 Å². The summed E-state index contributed by atoms with van der Waals surface area (Å²) in [6.45, 7) is 1.49. The first-order valence-electron chi connectivity index (χ1n) is 7.15. The highest BCUT2D eigenvalue weighted by Crippen LogP contribution is 2.38. The third-order valence-corrected chi connectivity index (χ3v) is 3.68. The van der Waals surface area contributed by atoms with Gasteiger partial charge in [0.1, 0.15) is 13.2 Å². The third-order valence-electron chi connectivity index (χ3n) is 3.40. The molecular weight excluding hydrogens is 302 g/mol. The average Bonchev–Trinajstić information content (AvgIpc) is 2.56. The molecule has 1 amide bonds. The van der Waals surface area contributed by atoms with Gasteiger partial charge in [-0.15, -0.1) is 0 Å². The lowest BCUT2D eigenvalue weighted by molar-refractivity contribution is 0.0953. The Bertz CT molecular complexity index is 673. The lowest BCUT2D eigenvalue weighted by Gasteiger charge is -2.20. The van der Waals surface area contributed by atoms with Crippen molar-refractivity contribution in [3.63, 3.8) is 0 Å². The largest absolute Gasteiger partial charge is 0.486 e. The number of halogens is 1. The Kier molecular flexibility index (Phi) is 4.49. The van der Waals surface area contributed by atoms with Gasteiger partial charge in [0, 0.05) is 12.1 Å². The second kappa shape index (κ2) is 6.71. The molecule has 22 heavy (non-hydrogen) atoms. The van der Waals surface area contributed by atoms with Crippen LogP contribution in [-0.4, -0.2) is 25.7 Å². The summed E-state index contributed by atoms with van der Waals surface area (Å²) in [5, 5.41) is 3.28. The maximum absolute atomic E-state index is 12.2. The van der Waals surface area contributed by atoms with E-state index in [9.17, 15) is 4.79 Å². The number of nitrogens with one attached hydrogen (secondary N) is 1. The molecule has 1 N–H and O–H groups in total. The summed E-state index contributed by atoms with van der Waals surface area (Å²) in [4.78, 5) is 12.2. The number of carbonyl (C=O) groups excluding carboxylic acids is 1. The van der Waals surface area contributed by atoms with Gasteiger partial charge in [-0.1, -0.05) is 41.9 Å². The molecule has 0 spiro atoms. The van der Waals surface area contributed by atoms with Crippen molar-refractivity contribution >= 4 is 17.5 Å². The van der Waals surface area contributed by atoms with E-state index in [4.69, 9.17) is 21.1 Å². The van der Waals surface area contributed by atoms with Crippen molar-refractivity contribution < 1.29 is 14.3 Å². The molecule has 0 aromatic heterocycles. The monoisotopic (exact) mass is 317 g/mol. The molecule has 0 saturated heterocycles. The van der Waals surface area contributed by atoms with Crippen LogP contribution in [0.4, 0.5) is 0 Å². The minimum atomic E-state index is -0.171. The number of benzene rings is 2. The number of hydrogen-bond acceptors (Lipinski definition) is 3. The fraction of sp³-hybridized carbons (Fsp3) is 0.235. The van der Waals surface area contributed by atoms with Gasteiger partial charge < -0.3 is 14.8 Å². The van der Waals surface area contributed by atoms with Crippen LogP contribution < -0.4 is 14.8 Å². The van der Waals surface area contributed by atoms with Gasteiger partial charge >= 0.3 is 0 Å². The van der Waals surface area contributed by atoms with E-state index < -0.39 is 0 Å². The van der Waals surface area contributed by atoms with Crippen molar-refractivity contribution in [2.24, 2.45) is 0 Å². The number of fused-ring (bicyclic) bond motifs is 1. The zero-order valence-corrected chi connectivity index (χ0v) is 12.7. The lowest BCUT2D eigenvalue weighted by atomic mass is 10.1. The highest BCUT2D eigenvalue weighted by molar-refractivity contribution is 6.32. The molecule has 0 fully saturated rings. The number of carbonyl (C=O) groups is 1.